The average Bonchev–Trinajstić information content (AvgIpc) is 3.18. The molecular weight excluding hydrogens is 460 g/mol. The molecular formula is C24H20N2O5S2. The van der Waals surface area contributed by atoms with Gasteiger partial charge < -0.3 is 9.47 Å². The van der Waals surface area contributed by atoms with Crippen molar-refractivity contribution in [3.05, 3.63) is 89.4 Å². The van der Waals surface area contributed by atoms with Crippen molar-refractivity contribution in [1.82, 2.24) is 4.98 Å². The number of aryl methyl sites for hydroxylation is 1. The molecule has 4 aromatic rings. The van der Waals surface area contributed by atoms with Gasteiger partial charge in [0, 0.05) is 23.3 Å². The summed E-state index contributed by atoms with van der Waals surface area (Å²) in [5.41, 5.74) is 1.07. The van der Waals surface area contributed by atoms with Crippen LogP contribution in [0.4, 0.5) is 5.13 Å². The number of hydrogen-bond acceptors (Lipinski definition) is 7. The molecule has 3 aromatic carbocycles. The highest BCUT2D eigenvalue weighted by Crippen LogP contribution is 2.33. The van der Waals surface area contributed by atoms with Crippen LogP contribution >= 0.6 is 11.3 Å². The summed E-state index contributed by atoms with van der Waals surface area (Å²) in [7, 11) is -3.52. The molecule has 0 bridgehead atoms. The summed E-state index contributed by atoms with van der Waals surface area (Å²) >= 11 is 1.32. The Kier molecular flexibility index (Phi) is 6.43. The van der Waals surface area contributed by atoms with Crippen LogP contribution < -0.4 is 14.8 Å². The monoisotopic (exact) mass is 480 g/mol. The van der Waals surface area contributed by atoms with E-state index in [0.29, 0.717) is 16.6 Å². The van der Waals surface area contributed by atoms with Crippen molar-refractivity contribution in [1.29, 1.82) is 0 Å². The molecule has 0 aliphatic rings. The number of ether oxygens (including phenoxy) is 2. The minimum atomic E-state index is -3.52. The number of aromatic nitrogens is 1. The highest BCUT2D eigenvalue weighted by atomic mass is 32.2. The molecule has 7 nitrogen and oxygen atoms in total. The maximum atomic E-state index is 12.9. The third kappa shape index (κ3) is 5.76. The van der Waals surface area contributed by atoms with Crippen molar-refractivity contribution in [3.63, 3.8) is 0 Å². The second-order valence-electron chi connectivity index (χ2n) is 7.18. The Morgan fingerprint density at radius 2 is 1.58 bits per heavy atom. The molecule has 33 heavy (non-hydrogen) atoms. The van der Waals surface area contributed by atoms with E-state index in [1.54, 1.807) is 42.5 Å². The van der Waals surface area contributed by atoms with Gasteiger partial charge in [0.25, 0.3) is 5.91 Å². The Bertz CT molecular complexity index is 1400. The molecule has 4 rings (SSSR count). The van der Waals surface area contributed by atoms with Gasteiger partial charge in [-0.3, -0.25) is 10.1 Å². The van der Waals surface area contributed by atoms with E-state index in [0.717, 1.165) is 11.9 Å². The lowest BCUT2D eigenvalue weighted by Crippen LogP contribution is -2.12. The second kappa shape index (κ2) is 9.43. The van der Waals surface area contributed by atoms with Crippen LogP contribution in [0.1, 0.15) is 16.1 Å². The fourth-order valence-electron chi connectivity index (χ4n) is 2.99. The zero-order chi connectivity index (χ0) is 23.4. The fourth-order valence-corrected chi connectivity index (χ4v) is 4.48. The first kappa shape index (κ1) is 22.5. The topological polar surface area (TPSA) is 94.6 Å². The molecule has 0 aliphatic carbocycles. The Morgan fingerprint density at radius 1 is 0.909 bits per heavy atom. The van der Waals surface area contributed by atoms with Crippen molar-refractivity contribution in [2.45, 2.75) is 11.8 Å². The maximum Gasteiger partial charge on any atom is 0.257 e. The number of nitrogens with zero attached hydrogens (tertiary/aromatic N) is 1. The smallest absolute Gasteiger partial charge is 0.257 e. The average molecular weight is 481 g/mol. The summed E-state index contributed by atoms with van der Waals surface area (Å²) in [5.74, 6) is 0.937. The summed E-state index contributed by atoms with van der Waals surface area (Å²) in [4.78, 5) is 17.2. The molecule has 9 heteroatoms. The number of rotatable bonds is 7. The standard InChI is InChI=1S/C24H20N2O5S2/c1-16-15-32-24(25-16)26-23(27)17-12-19(30-18-8-4-3-5-9-18)14-20(13-17)31-21-10-6-7-11-22(21)33(2,28)29/h3-15H,1-2H3,(H,25,26,27). The minimum Gasteiger partial charge on any atom is -0.457 e. The maximum absolute atomic E-state index is 12.9. The van der Waals surface area contributed by atoms with Crippen LogP contribution in [0.15, 0.2) is 83.1 Å². The molecule has 1 amide bonds. The number of sulfone groups is 1. The van der Waals surface area contributed by atoms with E-state index in [1.165, 1.54) is 23.5 Å². The molecule has 1 heterocycles. The van der Waals surface area contributed by atoms with Gasteiger partial charge in [-0.05, 0) is 43.3 Å². The quantitative estimate of drug-likeness (QED) is 0.365. The molecule has 0 spiro atoms. The van der Waals surface area contributed by atoms with E-state index >= 15 is 0 Å². The van der Waals surface area contributed by atoms with E-state index in [9.17, 15) is 13.2 Å². The van der Waals surface area contributed by atoms with Crippen molar-refractivity contribution in [3.8, 4) is 23.0 Å². The number of thiazole rings is 1. The minimum absolute atomic E-state index is 0.0450. The molecule has 0 fully saturated rings. The Labute approximate surface area is 195 Å². The molecule has 1 N–H and O–H groups in total. The van der Waals surface area contributed by atoms with E-state index in [4.69, 9.17) is 9.47 Å². The van der Waals surface area contributed by atoms with E-state index < -0.39 is 15.7 Å². The van der Waals surface area contributed by atoms with Crippen LogP contribution in [0.25, 0.3) is 0 Å². The lowest BCUT2D eigenvalue weighted by Gasteiger charge is -2.13. The molecule has 0 aliphatic heterocycles. The normalized spacial score (nSPS) is 11.1. The van der Waals surface area contributed by atoms with E-state index in [1.807, 2.05) is 30.5 Å². The molecule has 0 atom stereocenters. The first-order chi connectivity index (χ1) is 15.8. The second-order valence-corrected chi connectivity index (χ2v) is 10.0. The van der Waals surface area contributed by atoms with Crippen LogP contribution in [0.3, 0.4) is 0 Å². The van der Waals surface area contributed by atoms with E-state index in [-0.39, 0.29) is 22.0 Å². The zero-order valence-electron chi connectivity index (χ0n) is 17.8. The largest absolute Gasteiger partial charge is 0.457 e. The van der Waals surface area contributed by atoms with Crippen molar-refractivity contribution < 1.29 is 22.7 Å². The van der Waals surface area contributed by atoms with Gasteiger partial charge in [-0.25, -0.2) is 13.4 Å². The van der Waals surface area contributed by atoms with Crippen molar-refractivity contribution in [2.75, 3.05) is 11.6 Å². The molecule has 0 saturated carbocycles. The SMILES string of the molecule is Cc1csc(NC(=O)c2cc(Oc3ccccc3)cc(Oc3ccccc3S(C)(=O)=O)c2)n1. The lowest BCUT2D eigenvalue weighted by atomic mass is 10.2. The van der Waals surface area contributed by atoms with Gasteiger partial charge in [0.05, 0.1) is 5.69 Å². The number of amides is 1. The molecule has 0 radical (unpaired) electrons. The van der Waals surface area contributed by atoms with Crippen LogP contribution in [0.2, 0.25) is 0 Å². The number of carbonyl (C=O) groups is 1. The number of anilines is 1. The van der Waals surface area contributed by atoms with Gasteiger partial charge in [-0.2, -0.15) is 0 Å². The van der Waals surface area contributed by atoms with Gasteiger partial charge in [0.2, 0.25) is 0 Å². The Balaban J connectivity index is 1.71. The first-order valence-electron chi connectivity index (χ1n) is 9.86. The van der Waals surface area contributed by atoms with Gasteiger partial charge in [-0.15, -0.1) is 11.3 Å². The number of carbonyl (C=O) groups excluding carboxylic acids is 1. The Morgan fingerprint density at radius 3 is 2.24 bits per heavy atom. The van der Waals surface area contributed by atoms with Crippen LogP contribution in [0, 0.1) is 6.92 Å². The first-order valence-corrected chi connectivity index (χ1v) is 12.6. The summed E-state index contributed by atoms with van der Waals surface area (Å²) in [6, 6.07) is 20.1. The third-order valence-corrected chi connectivity index (χ3v) is 6.45. The number of para-hydroxylation sites is 2. The Hall–Kier alpha value is -3.69. The van der Waals surface area contributed by atoms with Crippen LogP contribution in [-0.2, 0) is 9.84 Å². The molecule has 168 valence electrons. The molecule has 0 unspecified atom stereocenters. The third-order valence-electron chi connectivity index (χ3n) is 4.44. The van der Waals surface area contributed by atoms with Crippen LogP contribution in [0.5, 0.6) is 23.0 Å². The summed E-state index contributed by atoms with van der Waals surface area (Å²) in [6.07, 6.45) is 1.11. The van der Waals surface area contributed by atoms with Crippen LogP contribution in [-0.4, -0.2) is 25.6 Å². The summed E-state index contributed by atoms with van der Waals surface area (Å²) in [5, 5.41) is 5.06. The number of nitrogens with one attached hydrogen (secondary N) is 1. The summed E-state index contributed by atoms with van der Waals surface area (Å²) in [6.45, 7) is 1.84. The van der Waals surface area contributed by atoms with Crippen molar-refractivity contribution >= 4 is 32.2 Å². The fraction of sp³-hybridized carbons (Fsp3) is 0.0833. The van der Waals surface area contributed by atoms with Gasteiger partial charge in [0.1, 0.15) is 27.9 Å². The molecule has 1 aromatic heterocycles. The lowest BCUT2D eigenvalue weighted by molar-refractivity contribution is 0.102. The van der Waals surface area contributed by atoms with Gasteiger partial charge >= 0.3 is 0 Å². The predicted octanol–water partition coefficient (Wildman–Crippen LogP) is 5.69. The van der Waals surface area contributed by atoms with Gasteiger partial charge in [0.15, 0.2) is 15.0 Å². The van der Waals surface area contributed by atoms with E-state index in [2.05, 4.69) is 10.3 Å². The number of hydrogen-bond donors (Lipinski definition) is 1. The molecule has 0 saturated heterocycles. The zero-order valence-corrected chi connectivity index (χ0v) is 19.4. The number of benzene rings is 3. The highest BCUT2D eigenvalue weighted by Gasteiger charge is 2.17. The highest BCUT2D eigenvalue weighted by molar-refractivity contribution is 7.90. The van der Waals surface area contributed by atoms with Gasteiger partial charge in [-0.1, -0.05) is 30.3 Å². The summed E-state index contributed by atoms with van der Waals surface area (Å²) < 4.78 is 36.1. The predicted molar refractivity (Wildman–Crippen MR) is 127 cm³/mol. The van der Waals surface area contributed by atoms with Crippen molar-refractivity contribution in [2.24, 2.45) is 0 Å².